The van der Waals surface area contributed by atoms with Gasteiger partial charge in [-0.15, -0.1) is 0 Å². The van der Waals surface area contributed by atoms with Crippen molar-refractivity contribution in [2.75, 3.05) is 39.6 Å². The van der Waals surface area contributed by atoms with Crippen molar-refractivity contribution in [2.45, 2.75) is 238 Å². The molecule has 0 bridgehead atoms. The summed E-state index contributed by atoms with van der Waals surface area (Å²) in [4.78, 5) is 76.8. The van der Waals surface area contributed by atoms with E-state index in [0.29, 0.717) is 75.0 Å². The topological polar surface area (TPSA) is 178 Å². The van der Waals surface area contributed by atoms with Gasteiger partial charge in [0.05, 0.1) is 16.9 Å². The zero-order valence-corrected chi connectivity index (χ0v) is 42.5. The van der Waals surface area contributed by atoms with Crippen LogP contribution in [0, 0.1) is 34.5 Å². The van der Waals surface area contributed by atoms with Gasteiger partial charge < -0.3 is 33.5 Å². The lowest BCUT2D eigenvalue weighted by Gasteiger charge is -2.28. The maximum absolute atomic E-state index is 12.9. The smallest absolute Gasteiger partial charge is 0.305 e. The Balaban J connectivity index is 1.14. The Kier molecular flexibility index (Phi) is 27.5. The molecular weight excluding hydrogens is 869 g/mol. The number of aliphatic hydroxyl groups excluding tert-OH is 1. The van der Waals surface area contributed by atoms with Gasteiger partial charge in [0.15, 0.2) is 0 Å². The number of rotatable bonds is 32. The minimum Gasteiger partial charge on any atom is -0.465 e. The minimum atomic E-state index is -0.917. The van der Waals surface area contributed by atoms with Crippen LogP contribution in [-0.4, -0.2) is 86.7 Å². The van der Waals surface area contributed by atoms with Gasteiger partial charge in [0.1, 0.15) is 39.6 Å². The fourth-order valence-electron chi connectivity index (χ4n) is 10.5. The van der Waals surface area contributed by atoms with Gasteiger partial charge in [-0.3, -0.25) is 28.8 Å². The number of aliphatic hydroxyl groups is 1. The second-order valence-corrected chi connectivity index (χ2v) is 22.2. The molecule has 68 heavy (non-hydrogen) atoms. The molecule has 0 saturated heterocycles. The highest BCUT2D eigenvalue weighted by atomic mass is 16.6. The quantitative estimate of drug-likeness (QED) is 0.0498. The average molecular weight is 961 g/mol. The number of carbonyl (C=O) groups excluding carboxylic acids is 6. The molecule has 4 fully saturated rings. The number of hydrogen-bond donors (Lipinski definition) is 1. The summed E-state index contributed by atoms with van der Waals surface area (Å²) in [5, 5.41) is 10.7. The Bertz CT molecular complexity index is 1290. The number of esters is 6. The third kappa shape index (κ3) is 25.6. The molecule has 0 spiro atoms. The fourth-order valence-corrected chi connectivity index (χ4v) is 10.5. The minimum absolute atomic E-state index is 0.0400. The predicted octanol–water partition coefficient (Wildman–Crippen LogP) is 11.4. The number of carbonyl (C=O) groups is 6. The van der Waals surface area contributed by atoms with Crippen molar-refractivity contribution < 1.29 is 62.3 Å². The Labute approximate surface area is 409 Å². The van der Waals surface area contributed by atoms with Crippen molar-refractivity contribution in [1.29, 1.82) is 0 Å². The molecule has 0 radical (unpaired) electrons. The van der Waals surface area contributed by atoms with Gasteiger partial charge in [0.25, 0.3) is 0 Å². The van der Waals surface area contributed by atoms with E-state index < -0.39 is 28.9 Å². The van der Waals surface area contributed by atoms with Crippen molar-refractivity contribution in [1.82, 2.24) is 0 Å². The molecule has 0 aromatic rings. The van der Waals surface area contributed by atoms with E-state index in [2.05, 4.69) is 0 Å². The van der Waals surface area contributed by atoms with Gasteiger partial charge >= 0.3 is 35.8 Å². The lowest BCUT2D eigenvalue weighted by molar-refractivity contribution is -0.163. The van der Waals surface area contributed by atoms with E-state index in [1.165, 1.54) is 77.0 Å². The summed E-state index contributed by atoms with van der Waals surface area (Å²) in [5.41, 5.74) is -1.83. The van der Waals surface area contributed by atoms with E-state index in [1.807, 2.05) is 0 Å². The van der Waals surface area contributed by atoms with Crippen LogP contribution >= 0.6 is 0 Å². The first-order valence-electron chi connectivity index (χ1n) is 27.4. The Morgan fingerprint density at radius 3 is 0.794 bits per heavy atom. The van der Waals surface area contributed by atoms with Crippen LogP contribution in [0.25, 0.3) is 0 Å². The summed E-state index contributed by atoms with van der Waals surface area (Å²) in [6, 6.07) is 0. The number of ether oxygens (including phenoxy) is 6. The zero-order valence-electron chi connectivity index (χ0n) is 42.5. The normalized spacial score (nSPS) is 18.2. The molecule has 13 nitrogen and oxygen atoms in total. The lowest BCUT2D eigenvalue weighted by atomic mass is 9.86. The van der Waals surface area contributed by atoms with Crippen LogP contribution in [0.1, 0.15) is 232 Å². The highest BCUT2D eigenvalue weighted by Crippen LogP contribution is 2.31. The molecule has 13 heteroatoms. The second-order valence-electron chi connectivity index (χ2n) is 22.2. The highest BCUT2D eigenvalue weighted by molar-refractivity contribution is 5.71. The number of hydrogen-bond acceptors (Lipinski definition) is 13. The molecule has 0 heterocycles. The molecule has 4 rings (SSSR count). The SMILES string of the molecule is CC(COC(=O)CCCC(O)CCCC(=O)OCC(C)(COC(=O)CCC1CCCCC1)COC(=O)CCC1CCCCC1)(COC(=O)CCC1CCCCC1)COC(=O)CCC1CCCCC1. The van der Waals surface area contributed by atoms with Crippen molar-refractivity contribution in [2.24, 2.45) is 34.5 Å². The molecule has 1 N–H and O–H groups in total. The highest BCUT2D eigenvalue weighted by Gasteiger charge is 2.33. The van der Waals surface area contributed by atoms with Gasteiger partial charge in [-0.25, -0.2) is 0 Å². The second kappa shape index (κ2) is 32.6. The van der Waals surface area contributed by atoms with Crippen LogP contribution < -0.4 is 0 Å². The van der Waals surface area contributed by atoms with Gasteiger partial charge in [0, 0.05) is 38.5 Å². The fraction of sp³-hybridized carbons (Fsp3) is 0.891. The Morgan fingerprint density at radius 2 is 0.574 bits per heavy atom. The third-order valence-corrected chi connectivity index (χ3v) is 15.3. The van der Waals surface area contributed by atoms with Crippen LogP contribution in [0.15, 0.2) is 0 Å². The average Bonchev–Trinajstić information content (AvgIpc) is 3.36. The maximum Gasteiger partial charge on any atom is 0.305 e. The molecule has 4 aliphatic carbocycles. The molecule has 0 amide bonds. The van der Waals surface area contributed by atoms with E-state index in [9.17, 15) is 33.9 Å². The standard InChI is InChI=1S/C55H92O13/c1-54(39-65-50(59)33-29-43-17-7-3-8-18-43,40-66-51(60)34-30-44-19-9-4-10-20-44)37-63-48(57)27-15-25-47(56)26-16-28-49(58)64-38-55(2,41-67-52(61)35-31-45-21-11-5-12-22-45)42-68-53(62)36-32-46-23-13-6-14-24-46/h43-47,56H,3-42H2,1-2H3. The van der Waals surface area contributed by atoms with E-state index in [-0.39, 0.29) is 76.4 Å². The van der Waals surface area contributed by atoms with Crippen LogP contribution in [0.2, 0.25) is 0 Å². The third-order valence-electron chi connectivity index (χ3n) is 15.3. The van der Waals surface area contributed by atoms with E-state index >= 15 is 0 Å². The zero-order chi connectivity index (χ0) is 48.9. The lowest BCUT2D eigenvalue weighted by Crippen LogP contribution is -2.37. The van der Waals surface area contributed by atoms with Crippen molar-refractivity contribution in [3.63, 3.8) is 0 Å². The first-order chi connectivity index (χ1) is 32.8. The molecule has 0 atom stereocenters. The Morgan fingerprint density at radius 1 is 0.368 bits per heavy atom. The molecular formula is C55H92O13. The summed E-state index contributed by atoms with van der Waals surface area (Å²) in [7, 11) is 0. The summed E-state index contributed by atoms with van der Waals surface area (Å²) in [5.74, 6) is 0.0663. The van der Waals surface area contributed by atoms with Crippen molar-refractivity contribution in [3.8, 4) is 0 Å². The van der Waals surface area contributed by atoms with E-state index in [4.69, 9.17) is 28.4 Å². The van der Waals surface area contributed by atoms with Crippen molar-refractivity contribution >= 4 is 35.8 Å². The molecule has 0 aliphatic heterocycles. The van der Waals surface area contributed by atoms with Crippen molar-refractivity contribution in [3.05, 3.63) is 0 Å². The summed E-state index contributed by atoms with van der Waals surface area (Å²) < 4.78 is 34.0. The summed E-state index contributed by atoms with van der Waals surface area (Å²) in [6.07, 6.45) is 29.1. The molecule has 0 aromatic carbocycles. The van der Waals surface area contributed by atoms with Gasteiger partial charge in [-0.05, 0) is 88.9 Å². The first-order valence-corrected chi connectivity index (χ1v) is 27.4. The molecule has 4 saturated carbocycles. The maximum atomic E-state index is 12.9. The monoisotopic (exact) mass is 961 g/mol. The van der Waals surface area contributed by atoms with E-state index in [0.717, 1.165) is 77.0 Å². The summed E-state index contributed by atoms with van der Waals surface area (Å²) in [6.45, 7) is 3.24. The summed E-state index contributed by atoms with van der Waals surface area (Å²) >= 11 is 0. The van der Waals surface area contributed by atoms with Gasteiger partial charge in [0.2, 0.25) is 0 Å². The van der Waals surface area contributed by atoms with Crippen LogP contribution in [0.4, 0.5) is 0 Å². The van der Waals surface area contributed by atoms with Crippen LogP contribution in [0.3, 0.4) is 0 Å². The first kappa shape index (κ1) is 57.4. The Hall–Kier alpha value is -3.22. The van der Waals surface area contributed by atoms with Crippen LogP contribution in [0.5, 0.6) is 0 Å². The van der Waals surface area contributed by atoms with Crippen LogP contribution in [-0.2, 0) is 57.2 Å². The van der Waals surface area contributed by atoms with Gasteiger partial charge in [-0.1, -0.05) is 128 Å². The largest absolute Gasteiger partial charge is 0.465 e. The van der Waals surface area contributed by atoms with Gasteiger partial charge in [-0.2, -0.15) is 0 Å². The molecule has 0 unspecified atom stereocenters. The predicted molar refractivity (Wildman–Crippen MR) is 259 cm³/mol. The van der Waals surface area contributed by atoms with E-state index in [1.54, 1.807) is 13.8 Å². The molecule has 4 aliphatic rings. The molecule has 0 aromatic heterocycles. The molecule has 390 valence electrons.